The predicted octanol–water partition coefficient (Wildman–Crippen LogP) is 15.6. The second-order valence-corrected chi connectivity index (χ2v) is 22.0. The van der Waals surface area contributed by atoms with Gasteiger partial charge in [0.1, 0.15) is 0 Å². The van der Waals surface area contributed by atoms with Gasteiger partial charge >= 0.3 is 0 Å². The molecule has 2 aliphatic heterocycles. The van der Waals surface area contributed by atoms with E-state index in [1.54, 1.807) is 0 Å². The molecule has 0 N–H and O–H groups in total. The van der Waals surface area contributed by atoms with Crippen molar-refractivity contribution in [3.63, 3.8) is 0 Å². The maximum Gasteiger partial charge on any atom is 0.252 e. The lowest BCUT2D eigenvalue weighted by atomic mass is 9.33. The van der Waals surface area contributed by atoms with Gasteiger partial charge in [-0.05, 0) is 147 Å². The van der Waals surface area contributed by atoms with E-state index < -0.39 is 0 Å². The Kier molecular flexibility index (Phi) is 10.5. The van der Waals surface area contributed by atoms with Crippen LogP contribution in [0, 0.1) is 0 Å². The minimum Gasteiger partial charge on any atom is -0.311 e. The fraction of sp³-hybridized carbons (Fsp3) is 0.323. The van der Waals surface area contributed by atoms with E-state index in [1.165, 1.54) is 94.6 Å². The number of fused-ring (bicyclic) bond motifs is 7. The molecule has 8 aromatic rings. The van der Waals surface area contributed by atoms with Gasteiger partial charge in [0.25, 0.3) is 6.71 Å². The van der Waals surface area contributed by atoms with Gasteiger partial charge in [0.2, 0.25) is 0 Å². The summed E-state index contributed by atoms with van der Waals surface area (Å²) in [5, 5.41) is 2.53. The van der Waals surface area contributed by atoms with E-state index in [1.807, 2.05) is 0 Å². The van der Waals surface area contributed by atoms with Gasteiger partial charge in [0.15, 0.2) is 0 Å². The summed E-state index contributed by atoms with van der Waals surface area (Å²) in [6.45, 7) is 28.3. The summed E-state index contributed by atoms with van der Waals surface area (Å²) in [7, 11) is 0. The SMILES string of the molecule is CCC(C)(C)c1ccc(N2c3ccc(C(C)(C)CC)cc3B3c4cc(C(C)(C)CC)ccc4N(c4ccc(C(C)(C)CC)cc4)c4cc(-n5c6ccccc6c6ccccc65)cc2c43)cc1. The average molecular weight is 866 g/mol. The smallest absolute Gasteiger partial charge is 0.252 e. The normalized spacial score (nSPS) is 13.9. The van der Waals surface area contributed by atoms with Gasteiger partial charge in [-0.3, -0.25) is 0 Å². The first-order chi connectivity index (χ1) is 31.5. The summed E-state index contributed by atoms with van der Waals surface area (Å²) >= 11 is 0. The van der Waals surface area contributed by atoms with Crippen molar-refractivity contribution in [2.75, 3.05) is 9.80 Å². The Balaban J connectivity index is 1.35. The topological polar surface area (TPSA) is 11.4 Å². The summed E-state index contributed by atoms with van der Waals surface area (Å²) < 4.78 is 2.51. The highest BCUT2D eigenvalue weighted by Crippen LogP contribution is 2.48. The molecular formula is C62H68BN3. The van der Waals surface area contributed by atoms with Crippen molar-refractivity contribution in [2.45, 2.75) is 130 Å². The third-order valence-electron chi connectivity index (χ3n) is 16.8. The second-order valence-electron chi connectivity index (χ2n) is 22.0. The largest absolute Gasteiger partial charge is 0.311 e. The number of benzene rings is 7. The summed E-state index contributed by atoms with van der Waals surface area (Å²) in [6, 6.07) is 56.8. The van der Waals surface area contributed by atoms with E-state index in [9.17, 15) is 0 Å². The number of hydrogen-bond acceptors (Lipinski definition) is 2. The molecule has 3 heterocycles. The molecule has 0 saturated heterocycles. The minimum absolute atomic E-state index is 0.0107. The molecule has 2 aliphatic rings. The van der Waals surface area contributed by atoms with Crippen molar-refractivity contribution in [1.29, 1.82) is 0 Å². The summed E-state index contributed by atoms with van der Waals surface area (Å²) in [6.07, 6.45) is 4.27. The summed E-state index contributed by atoms with van der Waals surface area (Å²) in [4.78, 5) is 5.20. The van der Waals surface area contributed by atoms with Gasteiger partial charge in [-0.2, -0.15) is 0 Å². The number of hydrogen-bond donors (Lipinski definition) is 0. The zero-order valence-electron chi connectivity index (χ0n) is 41.6. The molecule has 334 valence electrons. The van der Waals surface area contributed by atoms with Crippen LogP contribution < -0.4 is 26.2 Å². The van der Waals surface area contributed by atoms with Crippen LogP contribution in [0.15, 0.2) is 146 Å². The Morgan fingerprint density at radius 3 is 1.09 bits per heavy atom. The van der Waals surface area contributed by atoms with Crippen molar-refractivity contribution >= 4 is 79.0 Å². The third kappa shape index (κ3) is 6.84. The monoisotopic (exact) mass is 866 g/mol. The molecule has 0 spiro atoms. The number of para-hydroxylation sites is 2. The first-order valence-corrected chi connectivity index (χ1v) is 24.8. The van der Waals surface area contributed by atoms with Crippen LogP contribution in [-0.2, 0) is 21.7 Å². The van der Waals surface area contributed by atoms with E-state index in [-0.39, 0.29) is 28.4 Å². The molecule has 7 aromatic carbocycles. The van der Waals surface area contributed by atoms with Gasteiger partial charge in [-0.15, -0.1) is 0 Å². The van der Waals surface area contributed by atoms with Crippen LogP contribution in [0.1, 0.15) is 131 Å². The van der Waals surface area contributed by atoms with Crippen molar-refractivity contribution in [3.8, 4) is 5.69 Å². The lowest BCUT2D eigenvalue weighted by molar-refractivity contribution is 0.506. The van der Waals surface area contributed by atoms with Crippen LogP contribution in [0.3, 0.4) is 0 Å². The molecular weight excluding hydrogens is 798 g/mol. The molecule has 0 bridgehead atoms. The van der Waals surface area contributed by atoms with Crippen LogP contribution >= 0.6 is 0 Å². The highest BCUT2D eigenvalue weighted by molar-refractivity contribution is 7.00. The van der Waals surface area contributed by atoms with Crippen molar-refractivity contribution in [1.82, 2.24) is 4.57 Å². The Morgan fingerprint density at radius 2 is 0.712 bits per heavy atom. The average Bonchev–Trinajstić information content (AvgIpc) is 3.68. The van der Waals surface area contributed by atoms with Gasteiger partial charge in [-0.25, -0.2) is 0 Å². The molecule has 0 radical (unpaired) electrons. The summed E-state index contributed by atoms with van der Waals surface area (Å²) in [5.74, 6) is 0. The van der Waals surface area contributed by atoms with Crippen molar-refractivity contribution in [3.05, 3.63) is 168 Å². The molecule has 1 aromatic heterocycles. The number of nitrogens with zero attached hydrogens (tertiary/aromatic N) is 3. The molecule has 4 heteroatoms. The first kappa shape index (κ1) is 43.9. The molecule has 0 saturated carbocycles. The van der Waals surface area contributed by atoms with E-state index in [4.69, 9.17) is 0 Å². The van der Waals surface area contributed by atoms with Crippen LogP contribution in [0.2, 0.25) is 0 Å². The molecule has 0 atom stereocenters. The highest BCUT2D eigenvalue weighted by atomic mass is 15.2. The Hall–Kier alpha value is -6.00. The number of anilines is 6. The van der Waals surface area contributed by atoms with Gasteiger partial charge in [0.05, 0.1) is 16.7 Å². The van der Waals surface area contributed by atoms with Gasteiger partial charge in [0, 0.05) is 44.9 Å². The zero-order valence-corrected chi connectivity index (χ0v) is 41.6. The maximum absolute atomic E-state index is 2.60. The lowest BCUT2D eigenvalue weighted by Gasteiger charge is -2.45. The molecule has 0 unspecified atom stereocenters. The zero-order chi connectivity index (χ0) is 46.5. The highest BCUT2D eigenvalue weighted by Gasteiger charge is 2.45. The van der Waals surface area contributed by atoms with Crippen LogP contribution in [0.25, 0.3) is 27.5 Å². The standard InChI is InChI=1S/C62H68BN3/c1-13-59(5,6)41-25-31-45(32-26-41)64-54-35-29-43(61(9,10)15-3)37-50(54)63-51-38-44(62(11,12)16-4)30-36-55(51)65(46-33-27-42(28-34-46)60(7,8)14-2)57-40-47(39-56(64)58(57)63)66-52-23-19-17-21-48(52)49-22-18-20-24-53(49)66/h17-40H,13-16H2,1-12H3. The van der Waals surface area contributed by atoms with Crippen molar-refractivity contribution < 1.29 is 0 Å². The van der Waals surface area contributed by atoms with E-state index in [0.29, 0.717) is 0 Å². The number of rotatable bonds is 11. The van der Waals surface area contributed by atoms with Gasteiger partial charge < -0.3 is 14.4 Å². The lowest BCUT2D eigenvalue weighted by Crippen LogP contribution is -2.61. The Bertz CT molecular complexity index is 2940. The van der Waals surface area contributed by atoms with Crippen LogP contribution in [0.4, 0.5) is 34.1 Å². The molecule has 0 aliphatic carbocycles. The maximum atomic E-state index is 2.60. The minimum atomic E-state index is 0.0107. The molecule has 10 rings (SSSR count). The molecule has 0 fully saturated rings. The summed E-state index contributed by atoms with van der Waals surface area (Å²) in [5.41, 5.74) is 20.7. The first-order valence-electron chi connectivity index (χ1n) is 24.8. The Labute approximate surface area is 395 Å². The molecule has 66 heavy (non-hydrogen) atoms. The van der Waals surface area contributed by atoms with E-state index >= 15 is 0 Å². The quantitative estimate of drug-likeness (QED) is 0.120. The molecule has 3 nitrogen and oxygen atoms in total. The Morgan fingerprint density at radius 1 is 0.364 bits per heavy atom. The third-order valence-corrected chi connectivity index (χ3v) is 16.8. The fourth-order valence-corrected chi connectivity index (χ4v) is 10.7. The van der Waals surface area contributed by atoms with E-state index in [0.717, 1.165) is 31.4 Å². The van der Waals surface area contributed by atoms with Crippen LogP contribution in [-0.4, -0.2) is 11.3 Å². The second kappa shape index (κ2) is 15.8. The van der Waals surface area contributed by atoms with Crippen LogP contribution in [0.5, 0.6) is 0 Å². The van der Waals surface area contributed by atoms with E-state index in [2.05, 4.69) is 243 Å². The van der Waals surface area contributed by atoms with Crippen molar-refractivity contribution in [2.24, 2.45) is 0 Å². The number of aromatic nitrogens is 1. The predicted molar refractivity (Wildman–Crippen MR) is 288 cm³/mol. The van der Waals surface area contributed by atoms with Gasteiger partial charge in [-0.1, -0.05) is 168 Å². The molecule has 0 amide bonds. The fourth-order valence-electron chi connectivity index (χ4n) is 10.7.